The molecule has 0 bridgehead atoms. The van der Waals surface area contributed by atoms with Crippen LogP contribution in [0.15, 0.2) is 102 Å². The van der Waals surface area contributed by atoms with Crippen molar-refractivity contribution in [1.29, 1.82) is 5.26 Å². The van der Waals surface area contributed by atoms with E-state index >= 15 is 4.39 Å². The number of halogens is 1. The molecule has 1 aliphatic rings. The zero-order valence-electron chi connectivity index (χ0n) is 25.1. The van der Waals surface area contributed by atoms with Crippen LogP contribution in [0.25, 0.3) is 10.9 Å². The second-order valence-electron chi connectivity index (χ2n) is 11.0. The molecule has 0 unspecified atom stereocenters. The number of rotatable bonds is 9. The Morgan fingerprint density at radius 3 is 2.40 bits per heavy atom. The van der Waals surface area contributed by atoms with Gasteiger partial charge in [-0.25, -0.2) is 12.8 Å². The Kier molecular flexibility index (Phi) is 8.97. The summed E-state index contributed by atoms with van der Waals surface area (Å²) in [6.45, 7) is 0.966. The van der Waals surface area contributed by atoms with Gasteiger partial charge in [0.05, 0.1) is 22.1 Å². The molecule has 1 fully saturated rings. The largest absolute Gasteiger partial charge is 0.369 e. The molecule has 3 aromatic carbocycles. The highest BCUT2D eigenvalue weighted by Gasteiger charge is 2.30. The summed E-state index contributed by atoms with van der Waals surface area (Å²) in [7, 11) is -3.76. The van der Waals surface area contributed by atoms with Gasteiger partial charge in [-0.05, 0) is 66.2 Å². The van der Waals surface area contributed by atoms with Crippen LogP contribution in [0.5, 0.6) is 0 Å². The summed E-state index contributed by atoms with van der Waals surface area (Å²) in [6.07, 6.45) is 5.01. The van der Waals surface area contributed by atoms with Crippen LogP contribution in [0.2, 0.25) is 0 Å². The van der Waals surface area contributed by atoms with Gasteiger partial charge in [-0.1, -0.05) is 18.2 Å². The fourth-order valence-electron chi connectivity index (χ4n) is 5.55. The summed E-state index contributed by atoms with van der Waals surface area (Å²) in [4.78, 5) is 35.8. The van der Waals surface area contributed by atoms with E-state index in [0.29, 0.717) is 30.0 Å². The Hall–Kier alpha value is -5.58. The third-order valence-corrected chi connectivity index (χ3v) is 10.0. The summed E-state index contributed by atoms with van der Waals surface area (Å²) in [6, 6.07) is 21.8. The van der Waals surface area contributed by atoms with E-state index in [1.54, 1.807) is 24.4 Å². The van der Waals surface area contributed by atoms with E-state index in [1.165, 1.54) is 53.1 Å². The van der Waals surface area contributed by atoms with E-state index in [4.69, 9.17) is 5.26 Å². The van der Waals surface area contributed by atoms with Gasteiger partial charge in [0, 0.05) is 73.5 Å². The van der Waals surface area contributed by atoms with Crippen LogP contribution in [0, 0.1) is 17.1 Å². The van der Waals surface area contributed by atoms with Gasteiger partial charge in [0.2, 0.25) is 15.9 Å². The first-order valence-electron chi connectivity index (χ1n) is 14.8. The number of anilines is 2. The van der Waals surface area contributed by atoms with Crippen molar-refractivity contribution in [2.45, 2.75) is 17.4 Å². The number of carbonyl (C=O) groups excluding carboxylic acids is 2. The maximum absolute atomic E-state index is 15.5. The molecule has 3 heterocycles. The summed E-state index contributed by atoms with van der Waals surface area (Å²) in [5, 5.41) is 15.4. The van der Waals surface area contributed by atoms with Crippen molar-refractivity contribution < 1.29 is 22.4 Å². The normalized spacial score (nSPS) is 14.3. The van der Waals surface area contributed by atoms with E-state index < -0.39 is 33.7 Å². The van der Waals surface area contributed by atoms with Gasteiger partial charge in [0.25, 0.3) is 5.91 Å². The van der Waals surface area contributed by atoms with Crippen molar-refractivity contribution in [2.75, 3.05) is 36.4 Å². The maximum atomic E-state index is 15.5. The number of pyridine rings is 1. The number of fused-ring (bicyclic) bond motifs is 1. The van der Waals surface area contributed by atoms with E-state index in [2.05, 4.69) is 20.6 Å². The summed E-state index contributed by atoms with van der Waals surface area (Å²) in [5.74, 6) is -1.99. The van der Waals surface area contributed by atoms with Gasteiger partial charge >= 0.3 is 0 Å². The monoisotopic (exact) mass is 651 g/mol. The van der Waals surface area contributed by atoms with Crippen molar-refractivity contribution in [3.8, 4) is 6.07 Å². The standard InChI is InChI=1S/C34H30FN7O4S/c35-30-20-26(41-15-17-42(18-16-41)47(45,46)27-8-5-23(21-36)6-9-27)7-10-29(30)33(43)40-32(34(44)39-25-11-13-37-14-12-25)19-24-22-38-31-4-2-1-3-28(24)31/h1-14,20,22,32,38H,15-19H2,(H,40,43)(H,37,39,44)/t32-/m1/s1. The number of aromatic nitrogens is 2. The Labute approximate surface area is 270 Å². The van der Waals surface area contributed by atoms with Gasteiger partial charge < -0.3 is 20.5 Å². The molecule has 1 atom stereocenters. The number of H-pyrrole nitrogens is 1. The smallest absolute Gasteiger partial charge is 0.254 e. The zero-order valence-corrected chi connectivity index (χ0v) is 25.9. The SMILES string of the molecule is N#Cc1ccc(S(=O)(=O)N2CCN(c3ccc(C(=O)N[C@H](Cc4c[nH]c5ccccc45)C(=O)Nc4ccncc4)c(F)c3)CC2)cc1. The molecule has 0 saturated carbocycles. The lowest BCUT2D eigenvalue weighted by Crippen LogP contribution is -2.48. The molecule has 5 aromatic rings. The number of carbonyl (C=O) groups is 2. The molecule has 1 aliphatic heterocycles. The fraction of sp³-hybridized carbons (Fsp3) is 0.176. The first kappa shape index (κ1) is 31.4. The number of benzene rings is 3. The number of nitriles is 1. The molecule has 13 heteroatoms. The summed E-state index contributed by atoms with van der Waals surface area (Å²) < 4.78 is 43.0. The fourth-order valence-corrected chi connectivity index (χ4v) is 6.97. The predicted molar refractivity (Wildman–Crippen MR) is 175 cm³/mol. The van der Waals surface area contributed by atoms with Crippen molar-refractivity contribution in [1.82, 2.24) is 19.6 Å². The second-order valence-corrected chi connectivity index (χ2v) is 12.9. The molecule has 2 amide bonds. The number of hydrogen-bond acceptors (Lipinski definition) is 7. The van der Waals surface area contributed by atoms with Crippen LogP contribution in [0.1, 0.15) is 21.5 Å². The molecule has 6 rings (SSSR count). The summed E-state index contributed by atoms with van der Waals surface area (Å²) >= 11 is 0. The van der Waals surface area contributed by atoms with Crippen molar-refractivity contribution in [3.05, 3.63) is 120 Å². The van der Waals surface area contributed by atoms with Gasteiger partial charge in [-0.2, -0.15) is 9.57 Å². The van der Waals surface area contributed by atoms with E-state index in [-0.39, 0.29) is 30.0 Å². The molecule has 2 aromatic heterocycles. The number of hydrogen-bond donors (Lipinski definition) is 3. The Bertz CT molecular complexity index is 2070. The first-order chi connectivity index (χ1) is 22.7. The van der Waals surface area contributed by atoms with Gasteiger partial charge in [-0.15, -0.1) is 0 Å². The molecular formula is C34H30FN7O4S. The Balaban J connectivity index is 1.15. The molecule has 0 aliphatic carbocycles. The van der Waals surface area contributed by atoms with Crippen LogP contribution >= 0.6 is 0 Å². The average molecular weight is 652 g/mol. The van der Waals surface area contributed by atoms with Gasteiger partial charge in [-0.3, -0.25) is 14.6 Å². The average Bonchev–Trinajstić information content (AvgIpc) is 3.51. The van der Waals surface area contributed by atoms with Gasteiger partial charge in [0.15, 0.2) is 0 Å². The lowest BCUT2D eigenvalue weighted by Gasteiger charge is -2.35. The highest BCUT2D eigenvalue weighted by atomic mass is 32.2. The topological polar surface area (TPSA) is 151 Å². The number of piperazine rings is 1. The predicted octanol–water partition coefficient (Wildman–Crippen LogP) is 4.06. The summed E-state index contributed by atoms with van der Waals surface area (Å²) in [5.41, 5.74) is 2.84. The number of nitrogens with zero attached hydrogens (tertiary/aromatic N) is 4. The maximum Gasteiger partial charge on any atom is 0.254 e. The van der Waals surface area contributed by atoms with Gasteiger partial charge in [0.1, 0.15) is 11.9 Å². The number of nitrogens with one attached hydrogen (secondary N) is 3. The van der Waals surface area contributed by atoms with E-state index in [1.807, 2.05) is 35.2 Å². The molecule has 3 N–H and O–H groups in total. The van der Waals surface area contributed by atoms with Crippen LogP contribution in [-0.4, -0.2) is 66.7 Å². The van der Waals surface area contributed by atoms with E-state index in [9.17, 15) is 18.0 Å². The van der Waals surface area contributed by atoms with Crippen LogP contribution in [0.4, 0.5) is 15.8 Å². The van der Waals surface area contributed by atoms with Crippen LogP contribution in [-0.2, 0) is 21.2 Å². The highest BCUT2D eigenvalue weighted by Crippen LogP contribution is 2.24. The first-order valence-corrected chi connectivity index (χ1v) is 16.3. The number of aromatic amines is 1. The highest BCUT2D eigenvalue weighted by molar-refractivity contribution is 7.89. The minimum atomic E-state index is -3.76. The third kappa shape index (κ3) is 6.84. The lowest BCUT2D eigenvalue weighted by molar-refractivity contribution is -0.118. The molecule has 238 valence electrons. The zero-order chi connectivity index (χ0) is 33.0. The molecular weight excluding hydrogens is 621 g/mol. The van der Waals surface area contributed by atoms with Crippen LogP contribution in [0.3, 0.4) is 0 Å². The van der Waals surface area contributed by atoms with Crippen molar-refractivity contribution in [3.63, 3.8) is 0 Å². The lowest BCUT2D eigenvalue weighted by atomic mass is 10.0. The quantitative estimate of drug-likeness (QED) is 0.217. The molecule has 1 saturated heterocycles. The second kappa shape index (κ2) is 13.4. The van der Waals surface area contributed by atoms with Crippen molar-refractivity contribution in [2.24, 2.45) is 0 Å². The molecule has 0 radical (unpaired) electrons. The minimum Gasteiger partial charge on any atom is -0.369 e. The number of sulfonamides is 1. The number of amides is 2. The molecule has 47 heavy (non-hydrogen) atoms. The Morgan fingerprint density at radius 2 is 1.70 bits per heavy atom. The molecule has 0 spiro atoms. The van der Waals surface area contributed by atoms with Crippen molar-refractivity contribution >= 4 is 44.1 Å². The Morgan fingerprint density at radius 1 is 0.979 bits per heavy atom. The third-order valence-electron chi connectivity index (χ3n) is 8.09. The number of para-hydroxylation sites is 1. The van der Waals surface area contributed by atoms with E-state index in [0.717, 1.165) is 16.5 Å². The van der Waals surface area contributed by atoms with Crippen LogP contribution < -0.4 is 15.5 Å². The minimum absolute atomic E-state index is 0.101. The molecule has 11 nitrogen and oxygen atoms in total.